The molecule has 0 spiro atoms. The third kappa shape index (κ3) is 3.12. The molecule has 2 heterocycles. The first kappa shape index (κ1) is 13.0. The van der Waals surface area contributed by atoms with Crippen molar-refractivity contribution in [2.75, 3.05) is 25.0 Å². The van der Waals surface area contributed by atoms with Crippen molar-refractivity contribution >= 4 is 22.5 Å². The molecule has 0 aliphatic carbocycles. The maximum absolute atomic E-state index is 12.0. The lowest BCUT2D eigenvalue weighted by molar-refractivity contribution is -0.119. The number of aromatic nitrogens is 1. The number of morpholine rings is 1. The van der Waals surface area contributed by atoms with Gasteiger partial charge >= 0.3 is 0 Å². The number of hydrogen-bond donors (Lipinski definition) is 2. The molecule has 20 heavy (non-hydrogen) atoms. The summed E-state index contributed by atoms with van der Waals surface area (Å²) in [6.07, 6.45) is 2.06. The number of anilines is 1. The van der Waals surface area contributed by atoms with Gasteiger partial charge in [-0.15, -0.1) is 0 Å². The highest BCUT2D eigenvalue weighted by Crippen LogP contribution is 2.16. The highest BCUT2D eigenvalue weighted by atomic mass is 16.5. The number of nitrogens with zero attached hydrogens (tertiary/aromatic N) is 1. The number of pyridine rings is 1. The lowest BCUT2D eigenvalue weighted by atomic mass is 10.2. The molecule has 1 aliphatic rings. The molecule has 1 aromatic heterocycles. The lowest BCUT2D eigenvalue weighted by Crippen LogP contribution is -2.40. The summed E-state index contributed by atoms with van der Waals surface area (Å²) in [4.78, 5) is 16.2. The van der Waals surface area contributed by atoms with E-state index in [9.17, 15) is 4.79 Å². The summed E-state index contributed by atoms with van der Waals surface area (Å²) in [5, 5.41) is 8.15. The van der Waals surface area contributed by atoms with Crippen LogP contribution in [-0.4, -0.2) is 36.7 Å². The second-order valence-corrected chi connectivity index (χ2v) is 4.87. The van der Waals surface area contributed by atoms with E-state index in [1.54, 1.807) is 6.20 Å². The zero-order chi connectivity index (χ0) is 13.8. The predicted molar refractivity (Wildman–Crippen MR) is 77.6 cm³/mol. The Bertz CT molecular complexity index is 609. The maximum atomic E-state index is 12.0. The molecule has 1 fully saturated rings. The van der Waals surface area contributed by atoms with Crippen molar-refractivity contribution < 1.29 is 9.53 Å². The minimum absolute atomic E-state index is 0.0517. The molecule has 1 atom stereocenters. The normalized spacial score (nSPS) is 18.9. The number of hydrogen-bond acceptors (Lipinski definition) is 4. The van der Waals surface area contributed by atoms with Crippen molar-refractivity contribution in [1.29, 1.82) is 0 Å². The number of amides is 1. The third-order valence-electron chi connectivity index (χ3n) is 3.32. The SMILES string of the molecule is O=C(CC1CNCCO1)Nc1cc2ccccc2cn1. The van der Waals surface area contributed by atoms with E-state index in [4.69, 9.17) is 4.74 Å². The first-order chi connectivity index (χ1) is 9.81. The Morgan fingerprint density at radius 1 is 1.40 bits per heavy atom. The largest absolute Gasteiger partial charge is 0.375 e. The Balaban J connectivity index is 1.64. The number of ether oxygens (including phenoxy) is 1. The summed E-state index contributed by atoms with van der Waals surface area (Å²) < 4.78 is 5.51. The van der Waals surface area contributed by atoms with Gasteiger partial charge in [-0.2, -0.15) is 0 Å². The molecule has 1 amide bonds. The predicted octanol–water partition coefficient (Wildman–Crippen LogP) is 1.55. The molecule has 1 aliphatic heterocycles. The fourth-order valence-corrected chi connectivity index (χ4v) is 2.30. The quantitative estimate of drug-likeness (QED) is 0.889. The van der Waals surface area contributed by atoms with Crippen molar-refractivity contribution in [2.45, 2.75) is 12.5 Å². The van der Waals surface area contributed by atoms with Crippen LogP contribution in [0.15, 0.2) is 36.5 Å². The Hall–Kier alpha value is -1.98. The summed E-state index contributed by atoms with van der Waals surface area (Å²) in [6, 6.07) is 9.81. The van der Waals surface area contributed by atoms with Crippen LogP contribution in [0, 0.1) is 0 Å². The van der Waals surface area contributed by atoms with E-state index in [0.29, 0.717) is 18.8 Å². The van der Waals surface area contributed by atoms with Gasteiger partial charge < -0.3 is 15.4 Å². The number of carbonyl (C=O) groups excluding carboxylic acids is 1. The number of fused-ring (bicyclic) bond motifs is 1. The highest BCUT2D eigenvalue weighted by molar-refractivity contribution is 5.92. The standard InChI is InChI=1S/C15H17N3O2/c19-15(8-13-10-16-5-6-20-13)18-14-7-11-3-1-2-4-12(11)9-17-14/h1-4,7,9,13,16H,5-6,8,10H2,(H,17,18,19). The molecule has 2 aromatic rings. The Kier molecular flexibility index (Phi) is 3.90. The fourth-order valence-electron chi connectivity index (χ4n) is 2.30. The number of carbonyl (C=O) groups is 1. The Morgan fingerprint density at radius 3 is 3.05 bits per heavy atom. The van der Waals surface area contributed by atoms with Gasteiger partial charge in [-0.05, 0) is 11.5 Å². The molecular formula is C15H17N3O2. The van der Waals surface area contributed by atoms with E-state index in [0.717, 1.165) is 23.9 Å². The van der Waals surface area contributed by atoms with Gasteiger partial charge in [0.05, 0.1) is 19.1 Å². The van der Waals surface area contributed by atoms with E-state index in [-0.39, 0.29) is 12.0 Å². The Morgan fingerprint density at radius 2 is 2.25 bits per heavy atom. The van der Waals surface area contributed by atoms with Crippen molar-refractivity contribution in [1.82, 2.24) is 10.3 Å². The number of rotatable bonds is 3. The molecule has 1 saturated heterocycles. The van der Waals surface area contributed by atoms with Crippen LogP contribution in [0.1, 0.15) is 6.42 Å². The van der Waals surface area contributed by atoms with Crippen molar-refractivity contribution in [3.05, 3.63) is 36.5 Å². The minimum atomic E-state index is -0.0681. The van der Waals surface area contributed by atoms with E-state index >= 15 is 0 Å². The molecule has 104 valence electrons. The molecule has 0 bridgehead atoms. The minimum Gasteiger partial charge on any atom is -0.375 e. The maximum Gasteiger partial charge on any atom is 0.228 e. The molecule has 1 unspecified atom stereocenters. The first-order valence-corrected chi connectivity index (χ1v) is 6.78. The van der Waals surface area contributed by atoms with Gasteiger partial charge in [0.25, 0.3) is 0 Å². The van der Waals surface area contributed by atoms with Crippen LogP contribution in [0.2, 0.25) is 0 Å². The first-order valence-electron chi connectivity index (χ1n) is 6.78. The zero-order valence-electron chi connectivity index (χ0n) is 11.1. The Labute approximate surface area is 117 Å². The van der Waals surface area contributed by atoms with Gasteiger partial charge in [0.1, 0.15) is 5.82 Å². The molecule has 5 nitrogen and oxygen atoms in total. The van der Waals surface area contributed by atoms with Gasteiger partial charge in [0.15, 0.2) is 0 Å². The molecule has 1 aromatic carbocycles. The van der Waals surface area contributed by atoms with Crippen LogP contribution in [0.25, 0.3) is 10.8 Å². The van der Waals surface area contributed by atoms with E-state index < -0.39 is 0 Å². The van der Waals surface area contributed by atoms with E-state index in [1.165, 1.54) is 0 Å². The molecule has 3 rings (SSSR count). The smallest absolute Gasteiger partial charge is 0.228 e. The molecule has 5 heteroatoms. The average molecular weight is 271 g/mol. The number of benzene rings is 1. The average Bonchev–Trinajstić information content (AvgIpc) is 2.48. The van der Waals surface area contributed by atoms with Crippen LogP contribution in [0.4, 0.5) is 5.82 Å². The molecular weight excluding hydrogens is 254 g/mol. The van der Waals surface area contributed by atoms with Crippen LogP contribution in [0.3, 0.4) is 0 Å². The van der Waals surface area contributed by atoms with Gasteiger partial charge in [-0.1, -0.05) is 24.3 Å². The van der Waals surface area contributed by atoms with Crippen LogP contribution < -0.4 is 10.6 Å². The summed E-state index contributed by atoms with van der Waals surface area (Å²) in [5.41, 5.74) is 0. The summed E-state index contributed by atoms with van der Waals surface area (Å²) in [6.45, 7) is 2.23. The third-order valence-corrected chi connectivity index (χ3v) is 3.32. The topological polar surface area (TPSA) is 63.2 Å². The van der Waals surface area contributed by atoms with Gasteiger partial charge in [-0.25, -0.2) is 4.98 Å². The lowest BCUT2D eigenvalue weighted by Gasteiger charge is -2.22. The van der Waals surface area contributed by atoms with Gasteiger partial charge in [-0.3, -0.25) is 4.79 Å². The van der Waals surface area contributed by atoms with Gasteiger partial charge in [0.2, 0.25) is 5.91 Å². The second-order valence-electron chi connectivity index (χ2n) is 4.87. The van der Waals surface area contributed by atoms with Crippen LogP contribution >= 0.6 is 0 Å². The highest BCUT2D eigenvalue weighted by Gasteiger charge is 2.17. The van der Waals surface area contributed by atoms with Crippen LogP contribution in [-0.2, 0) is 9.53 Å². The molecule has 0 radical (unpaired) electrons. The summed E-state index contributed by atoms with van der Waals surface area (Å²) in [5.74, 6) is 0.513. The van der Waals surface area contributed by atoms with Crippen LogP contribution in [0.5, 0.6) is 0 Å². The summed E-state index contributed by atoms with van der Waals surface area (Å²) in [7, 11) is 0. The molecule has 2 N–H and O–H groups in total. The monoisotopic (exact) mass is 271 g/mol. The zero-order valence-corrected chi connectivity index (χ0v) is 11.1. The van der Waals surface area contributed by atoms with Gasteiger partial charge in [0, 0.05) is 24.7 Å². The fraction of sp³-hybridized carbons (Fsp3) is 0.333. The van der Waals surface area contributed by atoms with E-state index in [2.05, 4.69) is 15.6 Å². The molecule has 0 saturated carbocycles. The van der Waals surface area contributed by atoms with Crippen molar-refractivity contribution in [2.24, 2.45) is 0 Å². The number of nitrogens with one attached hydrogen (secondary N) is 2. The second kappa shape index (κ2) is 5.98. The van der Waals surface area contributed by atoms with E-state index in [1.807, 2.05) is 30.3 Å². The summed E-state index contributed by atoms with van der Waals surface area (Å²) >= 11 is 0. The van der Waals surface area contributed by atoms with Crippen molar-refractivity contribution in [3.8, 4) is 0 Å². The van der Waals surface area contributed by atoms with Crippen molar-refractivity contribution in [3.63, 3.8) is 0 Å².